The van der Waals surface area contributed by atoms with E-state index in [-0.39, 0.29) is 57.0 Å². The molecule has 0 spiro atoms. The third-order valence-corrected chi connectivity index (χ3v) is 2.30. The van der Waals surface area contributed by atoms with Gasteiger partial charge in [-0.3, -0.25) is 14.9 Å². The summed E-state index contributed by atoms with van der Waals surface area (Å²) in [5, 5.41) is 5.93. The largest absolute Gasteiger partial charge is 0.684 e. The predicted molar refractivity (Wildman–Crippen MR) is 77.7 cm³/mol. The molecule has 1 saturated heterocycles. The fourth-order valence-corrected chi connectivity index (χ4v) is 1.47. The van der Waals surface area contributed by atoms with Crippen LogP contribution in [0.1, 0.15) is 33.6 Å². The van der Waals surface area contributed by atoms with Crippen LogP contribution in [0, 0.1) is 6.08 Å². The monoisotopic (exact) mass is 365 g/mol. The van der Waals surface area contributed by atoms with Gasteiger partial charge in [0, 0.05) is 39.1 Å². The van der Waals surface area contributed by atoms with Gasteiger partial charge in [0.2, 0.25) is 11.8 Å². The second-order valence-corrected chi connectivity index (χ2v) is 3.66. The molecule has 1 N–H and O–H groups in total. The summed E-state index contributed by atoms with van der Waals surface area (Å²) in [4.78, 5) is 34.2. The number of nitrogens with one attached hydrogen (secondary N) is 1. The minimum absolute atomic E-state index is 0. The summed E-state index contributed by atoms with van der Waals surface area (Å²) < 4.78 is 0. The Hall–Kier alpha value is -1.07. The molecule has 113 valence electrons. The number of hydrogen-bond acceptors (Lipinski definition) is 3. The predicted octanol–water partition coefficient (Wildman–Crippen LogP) is 2.21. The first-order chi connectivity index (χ1) is 9.58. The quantitative estimate of drug-likeness (QED) is 0.359. The molecule has 1 atom stereocenters. The number of carbonyl (C=O) groups excluding carboxylic acids is 3. The van der Waals surface area contributed by atoms with E-state index in [9.17, 15) is 14.4 Å². The summed E-state index contributed by atoms with van der Waals surface area (Å²) in [6.07, 6.45) is 7.67. The van der Waals surface area contributed by atoms with Gasteiger partial charge in [0.05, 0.1) is 0 Å². The van der Waals surface area contributed by atoms with Crippen LogP contribution in [-0.4, -0.2) is 23.8 Å². The van der Waals surface area contributed by atoms with Crippen molar-refractivity contribution in [3.05, 3.63) is 41.8 Å². The van der Waals surface area contributed by atoms with E-state index in [0.29, 0.717) is 0 Å². The third-order valence-electron chi connectivity index (χ3n) is 2.30. The third kappa shape index (κ3) is 8.07. The zero-order valence-corrected chi connectivity index (χ0v) is 15.5. The van der Waals surface area contributed by atoms with Crippen LogP contribution < -0.4 is 5.32 Å². The fraction of sp³-hybridized carbons (Fsp3) is 0.400. The Kier molecular flexibility index (Phi) is 13.4. The van der Waals surface area contributed by atoms with E-state index in [4.69, 9.17) is 0 Å². The number of carbonyl (C=O) groups is 3. The van der Waals surface area contributed by atoms with E-state index in [2.05, 4.69) is 23.3 Å². The van der Waals surface area contributed by atoms with Crippen LogP contribution in [0.4, 0.5) is 0 Å². The van der Waals surface area contributed by atoms with Crippen molar-refractivity contribution < 1.29 is 47.1 Å². The molecule has 1 heterocycles. The number of piperidine rings is 1. The second-order valence-electron chi connectivity index (χ2n) is 3.66. The molecular formula is C15H20N2O3Y-2. The minimum Gasteiger partial charge on any atom is -0.684 e. The van der Waals surface area contributed by atoms with Crippen LogP contribution in [0.5, 0.6) is 0 Å². The molecule has 1 rings (SSSR count). The summed E-state index contributed by atoms with van der Waals surface area (Å²) in [7, 11) is 0. The molecule has 0 aromatic rings. The average Bonchev–Trinajstić information content (AvgIpc) is 2.44. The van der Waals surface area contributed by atoms with E-state index in [1.165, 1.54) is 6.08 Å². The molecule has 1 fully saturated rings. The summed E-state index contributed by atoms with van der Waals surface area (Å²) in [6.45, 7) is 9.21. The maximum atomic E-state index is 11.8. The van der Waals surface area contributed by atoms with E-state index in [1.807, 2.05) is 13.8 Å². The van der Waals surface area contributed by atoms with Gasteiger partial charge < -0.3 is 10.1 Å². The Bertz CT molecular complexity index is 442. The maximum Gasteiger partial charge on any atom is 0.226 e. The normalized spacial score (nSPS) is 18.0. The van der Waals surface area contributed by atoms with Crippen LogP contribution in [0.25, 0.3) is 5.32 Å². The van der Waals surface area contributed by atoms with E-state index < -0.39 is 17.9 Å². The van der Waals surface area contributed by atoms with Crippen LogP contribution in [0.3, 0.4) is 0 Å². The van der Waals surface area contributed by atoms with E-state index >= 15 is 0 Å². The summed E-state index contributed by atoms with van der Waals surface area (Å²) >= 11 is 0. The zero-order chi connectivity index (χ0) is 15.5. The van der Waals surface area contributed by atoms with Crippen molar-refractivity contribution in [2.45, 2.75) is 39.7 Å². The number of amides is 3. The van der Waals surface area contributed by atoms with Crippen LogP contribution in [0.2, 0.25) is 0 Å². The summed E-state index contributed by atoms with van der Waals surface area (Å²) in [6, 6.07) is -0.804. The van der Waals surface area contributed by atoms with E-state index in [1.54, 1.807) is 19.1 Å². The van der Waals surface area contributed by atoms with Gasteiger partial charge in [-0.2, -0.15) is 12.7 Å². The molecule has 0 aromatic carbocycles. The SMILES string of the molecule is C=C[C-]=C(/C=C\C)C(=O)[N-]C1CCC(=O)NC1=O.CC.[Y]. The van der Waals surface area contributed by atoms with Gasteiger partial charge in [-0.1, -0.05) is 20.8 Å². The molecule has 1 radical (unpaired) electrons. The Balaban J connectivity index is 0. The van der Waals surface area contributed by atoms with E-state index in [0.717, 1.165) is 0 Å². The Morgan fingerprint density at radius 3 is 2.52 bits per heavy atom. The van der Waals surface area contributed by atoms with Gasteiger partial charge in [-0.15, -0.1) is 23.8 Å². The van der Waals surface area contributed by atoms with Crippen molar-refractivity contribution >= 4 is 17.7 Å². The van der Waals surface area contributed by atoms with Gasteiger partial charge in [0.25, 0.3) is 0 Å². The molecule has 0 aliphatic carbocycles. The number of rotatable bonds is 4. The van der Waals surface area contributed by atoms with Crippen molar-refractivity contribution in [3.8, 4) is 0 Å². The number of hydrogen-bond donors (Lipinski definition) is 1. The Morgan fingerprint density at radius 2 is 2.05 bits per heavy atom. The second kappa shape index (κ2) is 12.7. The summed E-state index contributed by atoms with van der Waals surface area (Å²) in [5.41, 5.74) is 0.234. The van der Waals surface area contributed by atoms with Crippen molar-refractivity contribution in [2.75, 3.05) is 0 Å². The molecule has 0 bridgehead atoms. The first-order valence-electron chi connectivity index (χ1n) is 6.54. The fourth-order valence-electron chi connectivity index (χ4n) is 1.47. The standard InChI is InChI=1S/C13H15N2O3.C2H6.Y/c1-3-5-9(6-4-2)12(17)14-10-7-8-11(16)15-13(10)18;1-2;/h3-4,6,10H,1,7-8H2,2H3,(H2,14,15,16,17,18);1-2H3;/q-1;;/p-1/b6-4-;;. The van der Waals surface area contributed by atoms with Gasteiger partial charge in [0.1, 0.15) is 0 Å². The van der Waals surface area contributed by atoms with Crippen molar-refractivity contribution in [2.24, 2.45) is 0 Å². The van der Waals surface area contributed by atoms with Crippen LogP contribution in [0.15, 0.2) is 30.4 Å². The first-order valence-corrected chi connectivity index (χ1v) is 6.54. The molecular weight excluding hydrogens is 345 g/mol. The smallest absolute Gasteiger partial charge is 0.226 e. The molecule has 0 aromatic heterocycles. The zero-order valence-electron chi connectivity index (χ0n) is 12.7. The van der Waals surface area contributed by atoms with Gasteiger partial charge in [-0.05, 0) is 18.4 Å². The molecule has 1 unspecified atom stereocenters. The number of nitrogens with zero attached hydrogens (tertiary/aromatic N) is 1. The van der Waals surface area contributed by atoms with Crippen molar-refractivity contribution in [1.29, 1.82) is 0 Å². The molecule has 3 amide bonds. The van der Waals surface area contributed by atoms with Gasteiger partial charge in [0.15, 0.2) is 0 Å². The Morgan fingerprint density at radius 1 is 1.43 bits per heavy atom. The van der Waals surface area contributed by atoms with Crippen molar-refractivity contribution in [3.63, 3.8) is 0 Å². The molecule has 6 heteroatoms. The molecule has 0 saturated carbocycles. The van der Waals surface area contributed by atoms with Crippen LogP contribution >= 0.6 is 0 Å². The summed E-state index contributed by atoms with van der Waals surface area (Å²) in [5.74, 6) is -1.40. The molecule has 5 nitrogen and oxygen atoms in total. The average molecular weight is 365 g/mol. The van der Waals surface area contributed by atoms with Gasteiger partial charge in [-0.25, -0.2) is 0 Å². The maximum absolute atomic E-state index is 11.8. The number of allylic oxidation sites excluding steroid dienone is 3. The molecule has 1 aliphatic rings. The van der Waals surface area contributed by atoms with Crippen molar-refractivity contribution in [1.82, 2.24) is 5.32 Å². The molecule has 21 heavy (non-hydrogen) atoms. The molecule has 1 aliphatic heterocycles. The van der Waals surface area contributed by atoms with Crippen LogP contribution in [-0.2, 0) is 47.1 Å². The minimum atomic E-state index is -0.804. The van der Waals surface area contributed by atoms with Gasteiger partial charge >= 0.3 is 0 Å². The first kappa shape index (κ1) is 22.2. The Labute approximate surface area is 151 Å². The topological polar surface area (TPSA) is 77.3 Å². The number of imide groups is 1.